The monoisotopic (exact) mass is 479 g/mol. The molecule has 0 bridgehead atoms. The van der Waals surface area contributed by atoms with Crippen molar-refractivity contribution in [2.75, 3.05) is 26.2 Å². The lowest BCUT2D eigenvalue weighted by Gasteiger charge is -2.31. The van der Waals surface area contributed by atoms with E-state index in [9.17, 15) is 22.8 Å². The van der Waals surface area contributed by atoms with Gasteiger partial charge in [0.2, 0.25) is 0 Å². The molecule has 3 N–H and O–H groups in total. The minimum Gasteiger partial charge on any atom is -0.490 e. The predicted molar refractivity (Wildman–Crippen MR) is 109 cm³/mol. The van der Waals surface area contributed by atoms with Crippen molar-refractivity contribution >= 4 is 34.9 Å². The maximum atomic E-state index is 12.8. The number of aromatic nitrogens is 2. The second kappa shape index (κ2) is 9.88. The second-order valence-corrected chi connectivity index (χ2v) is 7.89. The Kier molecular flexibility index (Phi) is 7.45. The van der Waals surface area contributed by atoms with Gasteiger partial charge >= 0.3 is 12.0 Å². The second-order valence-electron chi connectivity index (χ2n) is 7.07. The zero-order chi connectivity index (χ0) is 22.6. The number of H-pyrrole nitrogens is 1. The number of likely N-dealkylation sites (tertiary alicyclic amines) is 1. The van der Waals surface area contributed by atoms with Gasteiger partial charge in [0.05, 0.1) is 21.8 Å². The normalized spacial score (nSPS) is 15.6. The third-order valence-electron chi connectivity index (χ3n) is 4.75. The number of hydrogen-bond donors (Lipinski definition) is 2. The number of rotatable bonds is 7. The first kappa shape index (κ1) is 23.4. The molecule has 1 saturated heterocycles. The molecule has 0 atom stereocenters. The third-order valence-corrected chi connectivity index (χ3v) is 5.49. The molecule has 0 saturated carbocycles. The molecule has 1 fully saturated rings. The number of nitrogens with one attached hydrogen (secondary N) is 2. The van der Waals surface area contributed by atoms with E-state index < -0.39 is 23.3 Å². The molecule has 0 radical (unpaired) electrons. The maximum absolute atomic E-state index is 12.8. The van der Waals surface area contributed by atoms with E-state index in [1.807, 2.05) is 4.90 Å². The van der Waals surface area contributed by atoms with Crippen LogP contribution in [0.1, 0.15) is 28.9 Å². The zero-order valence-electron chi connectivity index (χ0n) is 16.2. The molecule has 168 valence electrons. The van der Waals surface area contributed by atoms with Crippen LogP contribution >= 0.6 is 23.2 Å². The number of ether oxygens (including phenoxy) is 1. The van der Waals surface area contributed by atoms with Crippen molar-refractivity contribution in [2.24, 2.45) is 0 Å². The molecule has 12 heteroatoms. The van der Waals surface area contributed by atoms with Gasteiger partial charge in [-0.25, -0.2) is 0 Å². The number of benzene rings is 1. The maximum Gasteiger partial charge on any atom is 0.433 e. The molecule has 2 aromatic rings. The highest BCUT2D eigenvalue weighted by atomic mass is 35.5. The van der Waals surface area contributed by atoms with Crippen LogP contribution in [0.5, 0.6) is 5.75 Å². The molecular weight excluding hydrogens is 460 g/mol. The summed E-state index contributed by atoms with van der Waals surface area (Å²) in [7, 11) is 0. The molecule has 7 nitrogen and oxygen atoms in total. The number of carbonyl (C=O) groups is 1. The summed E-state index contributed by atoms with van der Waals surface area (Å²) in [4.78, 5) is 24.0. The average Bonchev–Trinajstić information content (AvgIpc) is 3.21. The lowest BCUT2D eigenvalue weighted by atomic mass is 10.1. The van der Waals surface area contributed by atoms with Crippen molar-refractivity contribution < 1.29 is 27.5 Å². The molecule has 1 aromatic carbocycles. The molecule has 1 aromatic heterocycles. The quantitative estimate of drug-likeness (QED) is 0.594. The largest absolute Gasteiger partial charge is 0.490 e. The van der Waals surface area contributed by atoms with Crippen LogP contribution in [0.3, 0.4) is 0 Å². The van der Waals surface area contributed by atoms with E-state index in [0.717, 1.165) is 6.20 Å². The highest BCUT2D eigenvalue weighted by Crippen LogP contribution is 2.30. The number of piperidine rings is 1. The standard InChI is InChI=1S/C19H19Cl2F3N4O3/c20-15-2-1-13(7-16(15)21)31-12-3-5-28(6-4-12)10-11(29)8-25-18(30)14-9-26-27-17(14)19(22,23)24/h1-2,7,9,12H,3-6,8,10H2,(H,25,30)(H,26,27)/p+1. The SMILES string of the molecule is O=C(NCC(=[OH+])CN1CCC(Oc2ccc(Cl)c(Cl)c2)CC1)c1cn[nH]c1C(F)(F)F. The zero-order valence-corrected chi connectivity index (χ0v) is 17.7. The van der Waals surface area contributed by atoms with Gasteiger partial charge in [0.15, 0.2) is 5.69 Å². The van der Waals surface area contributed by atoms with Crippen LogP contribution in [0.25, 0.3) is 0 Å². The van der Waals surface area contributed by atoms with Crippen LogP contribution in [-0.4, -0.2) is 63.9 Å². The van der Waals surface area contributed by atoms with Crippen LogP contribution in [0.2, 0.25) is 10.0 Å². The van der Waals surface area contributed by atoms with E-state index in [4.69, 9.17) is 27.9 Å². The van der Waals surface area contributed by atoms with Gasteiger partial charge in [0.25, 0.3) is 5.91 Å². The first-order valence-corrected chi connectivity index (χ1v) is 10.2. The van der Waals surface area contributed by atoms with Crippen LogP contribution in [0, 0.1) is 0 Å². The Labute approximate surface area is 185 Å². The Bertz CT molecular complexity index is 944. The van der Waals surface area contributed by atoms with Crippen LogP contribution in [0.15, 0.2) is 24.4 Å². The fourth-order valence-corrected chi connectivity index (χ4v) is 3.48. The van der Waals surface area contributed by atoms with Crippen LogP contribution in [-0.2, 0) is 6.18 Å². The van der Waals surface area contributed by atoms with E-state index in [0.29, 0.717) is 41.7 Å². The van der Waals surface area contributed by atoms with Gasteiger partial charge in [-0.15, -0.1) is 0 Å². The first-order valence-electron chi connectivity index (χ1n) is 9.40. The summed E-state index contributed by atoms with van der Waals surface area (Å²) in [5.41, 5.74) is -1.85. The molecule has 0 aliphatic carbocycles. The number of ketones is 1. The number of aromatic amines is 1. The molecule has 0 unspecified atom stereocenters. The number of nitrogens with zero attached hydrogens (tertiary/aromatic N) is 2. The molecule has 0 spiro atoms. The Morgan fingerprint density at radius 3 is 2.65 bits per heavy atom. The summed E-state index contributed by atoms with van der Waals surface area (Å²) >= 11 is 11.9. The van der Waals surface area contributed by atoms with Gasteiger partial charge < -0.3 is 10.1 Å². The Morgan fingerprint density at radius 2 is 2.00 bits per heavy atom. The average molecular weight is 480 g/mol. The van der Waals surface area contributed by atoms with Gasteiger partial charge in [-0.3, -0.25) is 19.6 Å². The van der Waals surface area contributed by atoms with E-state index in [2.05, 4.69) is 10.4 Å². The Hall–Kier alpha value is -2.30. The Balaban J connectivity index is 1.41. The van der Waals surface area contributed by atoms with Gasteiger partial charge in [0.1, 0.15) is 24.9 Å². The van der Waals surface area contributed by atoms with Gasteiger partial charge in [-0.2, -0.15) is 18.3 Å². The summed E-state index contributed by atoms with van der Waals surface area (Å²) in [5, 5.41) is 8.17. The van der Waals surface area contributed by atoms with Gasteiger partial charge in [-0.1, -0.05) is 23.2 Å². The summed E-state index contributed by atoms with van der Waals surface area (Å²) in [6.45, 7) is 1.21. The lowest BCUT2D eigenvalue weighted by Crippen LogP contribution is -2.43. The first-order chi connectivity index (χ1) is 14.6. The highest BCUT2D eigenvalue weighted by Gasteiger charge is 2.37. The summed E-state index contributed by atoms with van der Waals surface area (Å²) < 4.78 is 44.4. The molecule has 3 rings (SSSR count). The van der Waals surface area contributed by atoms with E-state index in [1.165, 1.54) is 0 Å². The molecule has 2 heterocycles. The minimum atomic E-state index is -4.72. The Morgan fingerprint density at radius 1 is 1.29 bits per heavy atom. The third kappa shape index (κ3) is 6.34. The summed E-state index contributed by atoms with van der Waals surface area (Å²) in [6.07, 6.45) is -2.52. The fraction of sp³-hybridized carbons (Fsp3) is 0.421. The van der Waals surface area contributed by atoms with Crippen molar-refractivity contribution in [3.63, 3.8) is 0 Å². The van der Waals surface area contributed by atoms with Crippen molar-refractivity contribution in [1.29, 1.82) is 0 Å². The topological polar surface area (TPSA) is 91.7 Å². The molecule has 1 aliphatic rings. The van der Waals surface area contributed by atoms with E-state index in [-0.39, 0.29) is 25.0 Å². The highest BCUT2D eigenvalue weighted by molar-refractivity contribution is 6.42. The van der Waals surface area contributed by atoms with E-state index in [1.54, 1.807) is 23.3 Å². The predicted octanol–water partition coefficient (Wildman–Crippen LogP) is 3.55. The fourth-order valence-electron chi connectivity index (χ4n) is 3.19. The van der Waals surface area contributed by atoms with Crippen molar-refractivity contribution in [3.05, 3.63) is 45.7 Å². The summed E-state index contributed by atoms with van der Waals surface area (Å²) in [5.74, 6) is -0.405. The molecule has 31 heavy (non-hydrogen) atoms. The lowest BCUT2D eigenvalue weighted by molar-refractivity contribution is -0.141. The van der Waals surface area contributed by atoms with Crippen molar-refractivity contribution in [2.45, 2.75) is 25.1 Å². The number of alkyl halides is 3. The number of amides is 1. The number of halogens is 5. The smallest absolute Gasteiger partial charge is 0.433 e. The van der Waals surface area contributed by atoms with Crippen LogP contribution < -0.4 is 10.1 Å². The molecular formula is C19H20Cl2F3N4O3+. The van der Waals surface area contributed by atoms with Crippen molar-refractivity contribution in [3.8, 4) is 5.75 Å². The summed E-state index contributed by atoms with van der Waals surface area (Å²) in [6, 6.07) is 5.06. The van der Waals surface area contributed by atoms with Crippen LogP contribution in [0.4, 0.5) is 13.2 Å². The van der Waals surface area contributed by atoms with Crippen molar-refractivity contribution in [1.82, 2.24) is 20.4 Å². The van der Waals surface area contributed by atoms with Gasteiger partial charge in [-0.05, 0) is 25.0 Å². The van der Waals surface area contributed by atoms with E-state index >= 15 is 0 Å². The van der Waals surface area contributed by atoms with Gasteiger partial charge in [0, 0.05) is 19.2 Å². The minimum absolute atomic E-state index is 0.0165. The molecule has 1 aliphatic heterocycles. The molecule has 1 amide bonds. The number of carbonyl (C=O) groups excluding carboxylic acids is 2. The number of hydrogen-bond acceptors (Lipinski definition) is 4.